The van der Waals surface area contributed by atoms with Gasteiger partial charge in [0.15, 0.2) is 0 Å². The fraction of sp³-hybridized carbons (Fsp3) is 0.800. The Labute approximate surface area is 108 Å². The van der Waals surface area contributed by atoms with Gasteiger partial charge in [0.1, 0.15) is 6.10 Å². The van der Waals surface area contributed by atoms with Gasteiger partial charge in [0.2, 0.25) is 0 Å². The number of ether oxygens (including phenoxy) is 1. The molecule has 1 heterocycles. The van der Waals surface area contributed by atoms with Gasteiger partial charge in [0.25, 0.3) is 0 Å². The monoisotopic (exact) mass is 250 g/mol. The summed E-state index contributed by atoms with van der Waals surface area (Å²) in [5.74, 6) is 0.432. The molecule has 0 bridgehead atoms. The van der Waals surface area contributed by atoms with E-state index in [-0.39, 0.29) is 29.8 Å². The Morgan fingerprint density at radius 3 is 2.89 bits per heavy atom. The number of fused-ring (bicyclic) bond motifs is 2. The molecule has 3 rings (SSSR count). The van der Waals surface area contributed by atoms with Crippen molar-refractivity contribution in [3.63, 3.8) is 0 Å². The molecule has 0 amide bonds. The van der Waals surface area contributed by atoms with Crippen molar-refractivity contribution in [1.82, 2.24) is 0 Å². The van der Waals surface area contributed by atoms with Crippen molar-refractivity contribution in [2.75, 3.05) is 0 Å². The molecular weight excluding hydrogens is 228 g/mol. The summed E-state index contributed by atoms with van der Waals surface area (Å²) in [6.45, 7) is 6.06. The van der Waals surface area contributed by atoms with Crippen molar-refractivity contribution in [2.45, 2.75) is 58.2 Å². The van der Waals surface area contributed by atoms with Gasteiger partial charge in [-0.3, -0.25) is 4.79 Å². The zero-order chi connectivity index (χ0) is 13.1. The predicted octanol–water partition coefficient (Wildman–Crippen LogP) is 2.44. The van der Waals surface area contributed by atoms with Crippen LogP contribution in [0.15, 0.2) is 11.1 Å². The SMILES string of the molecule is CC1=C2CC[C@@](C)(O)[C@@H]2C[C@@H]2[C@H](C)C(=O)O[C@@H]2C1. The molecular formula is C15H22O3. The first kappa shape index (κ1) is 12.2. The molecule has 1 aliphatic heterocycles. The first-order valence-corrected chi connectivity index (χ1v) is 7.01. The summed E-state index contributed by atoms with van der Waals surface area (Å²) in [4.78, 5) is 11.7. The van der Waals surface area contributed by atoms with E-state index in [9.17, 15) is 9.90 Å². The van der Waals surface area contributed by atoms with Crippen molar-refractivity contribution in [3.05, 3.63) is 11.1 Å². The molecule has 1 saturated carbocycles. The van der Waals surface area contributed by atoms with Gasteiger partial charge in [0, 0.05) is 18.3 Å². The second-order valence-electron chi connectivity index (χ2n) is 6.58. The maximum Gasteiger partial charge on any atom is 0.309 e. The van der Waals surface area contributed by atoms with Crippen LogP contribution >= 0.6 is 0 Å². The molecule has 5 atom stereocenters. The fourth-order valence-electron chi connectivity index (χ4n) is 4.11. The van der Waals surface area contributed by atoms with E-state index < -0.39 is 5.60 Å². The van der Waals surface area contributed by atoms with Crippen LogP contribution in [0.2, 0.25) is 0 Å². The van der Waals surface area contributed by atoms with Gasteiger partial charge in [0.05, 0.1) is 11.5 Å². The first-order chi connectivity index (χ1) is 8.40. The minimum absolute atomic E-state index is 0.0152. The summed E-state index contributed by atoms with van der Waals surface area (Å²) < 4.78 is 5.51. The van der Waals surface area contributed by atoms with Crippen LogP contribution in [-0.2, 0) is 9.53 Å². The van der Waals surface area contributed by atoms with E-state index in [0.717, 1.165) is 25.7 Å². The largest absolute Gasteiger partial charge is 0.461 e. The van der Waals surface area contributed by atoms with Gasteiger partial charge in [-0.2, -0.15) is 0 Å². The minimum atomic E-state index is -0.600. The summed E-state index contributed by atoms with van der Waals surface area (Å²) in [6.07, 6.45) is 3.66. The molecule has 3 heteroatoms. The first-order valence-electron chi connectivity index (χ1n) is 7.01. The van der Waals surface area contributed by atoms with Crippen LogP contribution in [0.1, 0.15) is 46.5 Å². The van der Waals surface area contributed by atoms with Gasteiger partial charge in [-0.25, -0.2) is 0 Å². The summed E-state index contributed by atoms with van der Waals surface area (Å²) in [6, 6.07) is 0. The second kappa shape index (κ2) is 3.83. The molecule has 2 fully saturated rings. The summed E-state index contributed by atoms with van der Waals surface area (Å²) in [5.41, 5.74) is 2.17. The van der Waals surface area contributed by atoms with Crippen molar-refractivity contribution >= 4 is 5.97 Å². The van der Waals surface area contributed by atoms with E-state index in [1.807, 2.05) is 13.8 Å². The van der Waals surface area contributed by atoms with Crippen LogP contribution in [0.5, 0.6) is 0 Å². The molecule has 0 spiro atoms. The van der Waals surface area contributed by atoms with E-state index >= 15 is 0 Å². The molecule has 1 N–H and O–H groups in total. The maximum atomic E-state index is 11.7. The Morgan fingerprint density at radius 1 is 1.44 bits per heavy atom. The molecule has 0 aromatic heterocycles. The van der Waals surface area contributed by atoms with Gasteiger partial charge in [-0.15, -0.1) is 0 Å². The number of carbonyl (C=O) groups is 1. The van der Waals surface area contributed by atoms with E-state index in [4.69, 9.17) is 4.74 Å². The third-order valence-electron chi connectivity index (χ3n) is 5.39. The zero-order valence-electron chi connectivity index (χ0n) is 11.4. The number of carbonyl (C=O) groups excluding carboxylic acids is 1. The number of hydrogen-bond acceptors (Lipinski definition) is 3. The molecule has 18 heavy (non-hydrogen) atoms. The molecule has 3 nitrogen and oxygen atoms in total. The second-order valence-corrected chi connectivity index (χ2v) is 6.58. The maximum absolute atomic E-state index is 11.7. The average Bonchev–Trinajstić information content (AvgIpc) is 2.65. The third kappa shape index (κ3) is 1.63. The third-order valence-corrected chi connectivity index (χ3v) is 5.39. The molecule has 3 aliphatic rings. The molecule has 1 saturated heterocycles. The summed E-state index contributed by atoms with van der Waals surface area (Å²) in [5, 5.41) is 10.5. The Kier molecular flexibility index (Phi) is 2.60. The standard InChI is InChI=1S/C15H22O3/c1-8-6-13-11(9(2)14(16)18-13)7-12-10(8)4-5-15(12,3)17/h9,11-13,17H,4-7H2,1-3H3/t9-,11+,12+,13+,15+/m0/s1. The van der Waals surface area contributed by atoms with Crippen molar-refractivity contribution in [2.24, 2.45) is 17.8 Å². The normalized spacial score (nSPS) is 47.7. The molecule has 0 aromatic rings. The molecule has 2 aliphatic carbocycles. The number of hydrogen-bond donors (Lipinski definition) is 1. The highest BCUT2D eigenvalue weighted by Gasteiger charge is 2.50. The van der Waals surface area contributed by atoms with Crippen molar-refractivity contribution in [3.8, 4) is 0 Å². The van der Waals surface area contributed by atoms with Gasteiger partial charge < -0.3 is 9.84 Å². The van der Waals surface area contributed by atoms with Crippen LogP contribution in [-0.4, -0.2) is 22.8 Å². The number of esters is 1. The van der Waals surface area contributed by atoms with Crippen LogP contribution in [0.3, 0.4) is 0 Å². The quantitative estimate of drug-likeness (QED) is 0.530. The van der Waals surface area contributed by atoms with Crippen LogP contribution < -0.4 is 0 Å². The highest BCUT2D eigenvalue weighted by atomic mass is 16.6. The predicted molar refractivity (Wildman–Crippen MR) is 67.8 cm³/mol. The van der Waals surface area contributed by atoms with E-state index in [2.05, 4.69) is 6.92 Å². The lowest BCUT2D eigenvalue weighted by Crippen LogP contribution is -2.32. The van der Waals surface area contributed by atoms with Crippen molar-refractivity contribution in [1.29, 1.82) is 0 Å². The smallest absolute Gasteiger partial charge is 0.309 e. The Morgan fingerprint density at radius 2 is 2.17 bits per heavy atom. The molecule has 0 radical (unpaired) electrons. The lowest BCUT2D eigenvalue weighted by Gasteiger charge is -2.29. The summed E-state index contributed by atoms with van der Waals surface area (Å²) >= 11 is 0. The molecule has 0 unspecified atom stereocenters. The van der Waals surface area contributed by atoms with E-state index in [0.29, 0.717) is 0 Å². The minimum Gasteiger partial charge on any atom is -0.461 e. The Hall–Kier alpha value is -0.830. The van der Waals surface area contributed by atoms with Crippen LogP contribution in [0, 0.1) is 17.8 Å². The Balaban J connectivity index is 1.96. The lowest BCUT2D eigenvalue weighted by molar-refractivity contribution is -0.143. The van der Waals surface area contributed by atoms with Gasteiger partial charge >= 0.3 is 5.97 Å². The topological polar surface area (TPSA) is 46.5 Å². The lowest BCUT2D eigenvalue weighted by atomic mass is 9.79. The highest BCUT2D eigenvalue weighted by Crippen LogP contribution is 2.51. The molecule has 0 aromatic carbocycles. The molecule has 100 valence electrons. The van der Waals surface area contributed by atoms with Gasteiger partial charge in [-0.05, 0) is 33.1 Å². The average molecular weight is 250 g/mol. The van der Waals surface area contributed by atoms with Crippen LogP contribution in [0.25, 0.3) is 0 Å². The van der Waals surface area contributed by atoms with E-state index in [1.54, 1.807) is 0 Å². The number of aliphatic hydroxyl groups is 1. The zero-order valence-corrected chi connectivity index (χ0v) is 11.4. The van der Waals surface area contributed by atoms with Crippen LogP contribution in [0.4, 0.5) is 0 Å². The fourth-order valence-corrected chi connectivity index (χ4v) is 4.11. The number of rotatable bonds is 0. The van der Waals surface area contributed by atoms with E-state index in [1.165, 1.54) is 11.1 Å². The highest BCUT2D eigenvalue weighted by molar-refractivity contribution is 5.75. The Bertz CT molecular complexity index is 421. The van der Waals surface area contributed by atoms with Crippen molar-refractivity contribution < 1.29 is 14.6 Å². The summed E-state index contributed by atoms with van der Waals surface area (Å²) in [7, 11) is 0. The van der Waals surface area contributed by atoms with Gasteiger partial charge in [-0.1, -0.05) is 18.1 Å².